The largest absolute Gasteiger partial charge is 0.481 e. The van der Waals surface area contributed by atoms with E-state index in [-0.39, 0.29) is 23.9 Å². The highest BCUT2D eigenvalue weighted by atomic mass is 32.1. The first-order chi connectivity index (χ1) is 13.0. The van der Waals surface area contributed by atoms with Crippen LogP contribution in [0, 0.1) is 0 Å². The van der Waals surface area contributed by atoms with Crippen molar-refractivity contribution in [2.24, 2.45) is 0 Å². The summed E-state index contributed by atoms with van der Waals surface area (Å²) in [6.07, 6.45) is 3.20. The van der Waals surface area contributed by atoms with Crippen LogP contribution < -0.4 is 10.6 Å². The lowest BCUT2D eigenvalue weighted by atomic mass is 10.1. The molecule has 144 valence electrons. The summed E-state index contributed by atoms with van der Waals surface area (Å²) in [7, 11) is 0. The van der Waals surface area contributed by atoms with Gasteiger partial charge in [-0.1, -0.05) is 36.8 Å². The molecule has 0 saturated carbocycles. The number of carbonyl (C=O) groups excluding carboxylic acids is 2. The summed E-state index contributed by atoms with van der Waals surface area (Å²) in [5, 5.41) is 16.0. The Labute approximate surface area is 161 Å². The number of aryl methyl sites for hydroxylation is 1. The number of unbranched alkanes of at least 4 members (excludes halogenated alkanes) is 2. The number of thiazole rings is 1. The maximum Gasteiger partial charge on any atom is 0.303 e. The van der Waals surface area contributed by atoms with Crippen LogP contribution in [0.15, 0.2) is 35.7 Å². The van der Waals surface area contributed by atoms with Crippen LogP contribution in [0.1, 0.15) is 48.2 Å². The van der Waals surface area contributed by atoms with Gasteiger partial charge in [0, 0.05) is 24.8 Å². The Bertz CT molecular complexity index is 761. The van der Waals surface area contributed by atoms with Gasteiger partial charge >= 0.3 is 5.97 Å². The molecule has 0 aliphatic rings. The van der Waals surface area contributed by atoms with Crippen LogP contribution in [0.3, 0.4) is 0 Å². The number of carboxylic acids is 1. The van der Waals surface area contributed by atoms with Crippen LogP contribution in [0.5, 0.6) is 0 Å². The maximum absolute atomic E-state index is 12.0. The van der Waals surface area contributed by atoms with E-state index >= 15 is 0 Å². The summed E-state index contributed by atoms with van der Waals surface area (Å²) in [6.45, 7) is 0.467. The van der Waals surface area contributed by atoms with E-state index in [1.54, 1.807) is 5.38 Å². The van der Waals surface area contributed by atoms with E-state index in [2.05, 4.69) is 15.6 Å². The van der Waals surface area contributed by atoms with Gasteiger partial charge in [-0.3, -0.25) is 14.4 Å². The summed E-state index contributed by atoms with van der Waals surface area (Å²) >= 11 is 1.21. The van der Waals surface area contributed by atoms with Crippen LogP contribution in [0.25, 0.3) is 0 Å². The number of nitrogens with one attached hydrogen (secondary N) is 2. The summed E-state index contributed by atoms with van der Waals surface area (Å²) in [6, 6.07) is 9.75. The van der Waals surface area contributed by atoms with E-state index in [0.717, 1.165) is 12.0 Å². The fraction of sp³-hybridized carbons (Fsp3) is 0.368. The maximum atomic E-state index is 12.0. The SMILES string of the molecule is O=C(O)CCCCCNC(=O)c1csc(NC(=O)CCc2ccccc2)n1. The van der Waals surface area contributed by atoms with E-state index in [1.807, 2.05) is 30.3 Å². The Kier molecular flexibility index (Phi) is 8.44. The lowest BCUT2D eigenvalue weighted by Crippen LogP contribution is -2.24. The van der Waals surface area contributed by atoms with Gasteiger partial charge in [-0.2, -0.15) is 0 Å². The number of aromatic nitrogens is 1. The van der Waals surface area contributed by atoms with Gasteiger partial charge in [-0.25, -0.2) is 4.98 Å². The predicted octanol–water partition coefficient (Wildman–Crippen LogP) is 3.09. The fourth-order valence-corrected chi connectivity index (χ4v) is 3.10. The molecule has 1 aromatic carbocycles. The monoisotopic (exact) mass is 389 g/mol. The molecule has 0 saturated heterocycles. The van der Waals surface area contributed by atoms with Crippen LogP contribution in [0.2, 0.25) is 0 Å². The molecule has 1 aromatic heterocycles. The Morgan fingerprint density at radius 3 is 2.56 bits per heavy atom. The van der Waals surface area contributed by atoms with Gasteiger partial charge in [0.1, 0.15) is 5.69 Å². The second kappa shape index (κ2) is 11.1. The lowest BCUT2D eigenvalue weighted by Gasteiger charge is -2.03. The molecule has 0 aliphatic heterocycles. The lowest BCUT2D eigenvalue weighted by molar-refractivity contribution is -0.137. The third-order valence-corrected chi connectivity index (χ3v) is 4.58. The van der Waals surface area contributed by atoms with Gasteiger partial charge < -0.3 is 15.7 Å². The molecule has 8 heteroatoms. The minimum absolute atomic E-state index is 0.140. The van der Waals surface area contributed by atoms with E-state index in [0.29, 0.717) is 37.4 Å². The minimum Gasteiger partial charge on any atom is -0.481 e. The summed E-state index contributed by atoms with van der Waals surface area (Å²) in [5.74, 6) is -1.24. The van der Waals surface area contributed by atoms with E-state index in [4.69, 9.17) is 5.11 Å². The number of aliphatic carboxylic acids is 1. The number of hydrogen-bond donors (Lipinski definition) is 3. The van der Waals surface area contributed by atoms with Crippen molar-refractivity contribution in [3.63, 3.8) is 0 Å². The Hall–Kier alpha value is -2.74. The molecule has 3 N–H and O–H groups in total. The van der Waals surface area contributed by atoms with Gasteiger partial charge in [-0.05, 0) is 24.8 Å². The van der Waals surface area contributed by atoms with Crippen molar-refractivity contribution in [1.29, 1.82) is 0 Å². The number of carbonyl (C=O) groups is 3. The molecule has 0 fully saturated rings. The molecule has 2 rings (SSSR count). The quantitative estimate of drug-likeness (QED) is 0.512. The zero-order valence-corrected chi connectivity index (χ0v) is 15.8. The smallest absolute Gasteiger partial charge is 0.303 e. The zero-order chi connectivity index (χ0) is 19.5. The molecule has 0 atom stereocenters. The van der Waals surface area contributed by atoms with Crippen LogP contribution >= 0.6 is 11.3 Å². The van der Waals surface area contributed by atoms with Gasteiger partial charge in [0.15, 0.2) is 5.13 Å². The number of benzene rings is 1. The zero-order valence-electron chi connectivity index (χ0n) is 14.9. The minimum atomic E-state index is -0.806. The summed E-state index contributed by atoms with van der Waals surface area (Å²) in [4.78, 5) is 38.6. The number of rotatable bonds is 11. The van der Waals surface area contributed by atoms with Crippen LogP contribution in [0.4, 0.5) is 5.13 Å². The number of anilines is 1. The number of amides is 2. The second-order valence-electron chi connectivity index (χ2n) is 6.03. The van der Waals surface area contributed by atoms with Crippen molar-refractivity contribution in [1.82, 2.24) is 10.3 Å². The molecular formula is C19H23N3O4S. The standard InChI is InChI=1S/C19H23N3O4S/c23-16(11-10-14-7-3-1-4-8-14)22-19-21-15(13-27-19)18(26)20-12-6-2-5-9-17(24)25/h1,3-4,7-8,13H,2,5-6,9-12H2,(H,20,26)(H,24,25)(H,21,22,23). The van der Waals surface area contributed by atoms with Gasteiger partial charge in [0.2, 0.25) is 5.91 Å². The highest BCUT2D eigenvalue weighted by Crippen LogP contribution is 2.16. The molecule has 1 heterocycles. The Balaban J connectivity index is 1.68. The highest BCUT2D eigenvalue weighted by Gasteiger charge is 2.12. The summed E-state index contributed by atoms with van der Waals surface area (Å²) < 4.78 is 0. The third-order valence-electron chi connectivity index (χ3n) is 3.82. The first-order valence-electron chi connectivity index (χ1n) is 8.84. The van der Waals surface area contributed by atoms with Gasteiger partial charge in [0.05, 0.1) is 0 Å². The Morgan fingerprint density at radius 1 is 1.04 bits per heavy atom. The molecule has 7 nitrogen and oxygen atoms in total. The number of nitrogens with zero attached hydrogens (tertiary/aromatic N) is 1. The van der Waals surface area contributed by atoms with Crippen molar-refractivity contribution in [3.05, 3.63) is 47.0 Å². The molecule has 0 bridgehead atoms. The Morgan fingerprint density at radius 2 is 1.81 bits per heavy atom. The van der Waals surface area contributed by atoms with E-state index in [9.17, 15) is 14.4 Å². The number of hydrogen-bond acceptors (Lipinski definition) is 5. The summed E-state index contributed by atoms with van der Waals surface area (Å²) in [5.41, 5.74) is 1.36. The molecule has 2 amide bonds. The van der Waals surface area contributed by atoms with Gasteiger partial charge in [-0.15, -0.1) is 11.3 Å². The molecule has 0 spiro atoms. The average Bonchev–Trinajstić information content (AvgIpc) is 3.12. The molecular weight excluding hydrogens is 366 g/mol. The molecule has 0 radical (unpaired) electrons. The molecule has 0 aliphatic carbocycles. The molecule has 0 unspecified atom stereocenters. The van der Waals surface area contributed by atoms with Crippen LogP contribution in [-0.4, -0.2) is 34.4 Å². The van der Waals surface area contributed by atoms with Gasteiger partial charge in [0.25, 0.3) is 5.91 Å². The van der Waals surface area contributed by atoms with Crippen molar-refractivity contribution in [2.75, 3.05) is 11.9 Å². The van der Waals surface area contributed by atoms with Crippen molar-refractivity contribution < 1.29 is 19.5 Å². The first kappa shape index (κ1) is 20.6. The van der Waals surface area contributed by atoms with E-state index < -0.39 is 5.97 Å². The van der Waals surface area contributed by atoms with E-state index in [1.165, 1.54) is 11.3 Å². The van der Waals surface area contributed by atoms with Crippen molar-refractivity contribution >= 4 is 34.3 Å². The second-order valence-corrected chi connectivity index (χ2v) is 6.89. The molecule has 27 heavy (non-hydrogen) atoms. The van der Waals surface area contributed by atoms with Crippen molar-refractivity contribution in [3.8, 4) is 0 Å². The van der Waals surface area contributed by atoms with Crippen molar-refractivity contribution in [2.45, 2.75) is 38.5 Å². The third kappa shape index (κ3) is 8.00. The number of carboxylic acid groups (broad SMARTS) is 1. The fourth-order valence-electron chi connectivity index (χ4n) is 2.39. The first-order valence-corrected chi connectivity index (χ1v) is 9.72. The normalized spacial score (nSPS) is 10.4. The highest BCUT2D eigenvalue weighted by molar-refractivity contribution is 7.14. The van der Waals surface area contributed by atoms with Crippen LogP contribution in [-0.2, 0) is 16.0 Å². The predicted molar refractivity (Wildman–Crippen MR) is 104 cm³/mol. The average molecular weight is 389 g/mol. The molecule has 2 aromatic rings. The topological polar surface area (TPSA) is 108 Å².